The zero-order valence-electron chi connectivity index (χ0n) is 41.0. The van der Waals surface area contributed by atoms with Crippen molar-refractivity contribution in [1.82, 2.24) is 9.97 Å². The van der Waals surface area contributed by atoms with Gasteiger partial charge in [-0.2, -0.15) is 0 Å². The van der Waals surface area contributed by atoms with E-state index in [0.717, 1.165) is 45.0 Å². The maximum Gasteiger partial charge on any atom is 0.0715 e. The smallest absolute Gasteiger partial charge is 0.0715 e. The average Bonchev–Trinajstić information content (AvgIpc) is 3.43. The molecule has 0 aliphatic carbocycles. The molecule has 2 heteroatoms. The summed E-state index contributed by atoms with van der Waals surface area (Å²) in [5.74, 6) is 0. The maximum absolute atomic E-state index is 5.15. The van der Waals surface area contributed by atoms with Gasteiger partial charge in [-0.1, -0.05) is 206 Å². The number of hydrogen-bond donors (Lipinski definition) is 0. The normalized spacial score (nSPS) is 11.3. The fourth-order valence-corrected chi connectivity index (χ4v) is 10.6. The first kappa shape index (κ1) is 44.2. The molecule has 0 bridgehead atoms. The number of pyridine rings is 2. The Kier molecular flexibility index (Phi) is 11.5. The molecule has 342 valence electrons. The van der Waals surface area contributed by atoms with Crippen LogP contribution in [0.2, 0.25) is 0 Å². The Morgan fingerprint density at radius 1 is 0.208 bits per heavy atom. The average molecular weight is 921 g/mol. The molecule has 0 aliphatic heterocycles. The quantitative estimate of drug-likeness (QED) is 0.144. The molecule has 2 heterocycles. The van der Waals surface area contributed by atoms with Crippen molar-refractivity contribution in [3.8, 4) is 101 Å². The molecule has 72 heavy (non-hydrogen) atoms. The maximum atomic E-state index is 5.15. The van der Waals surface area contributed by atoms with Crippen molar-refractivity contribution in [2.45, 2.75) is 27.7 Å². The monoisotopic (exact) mass is 920 g/mol. The van der Waals surface area contributed by atoms with E-state index >= 15 is 0 Å². The molecule has 0 radical (unpaired) electrons. The highest BCUT2D eigenvalue weighted by atomic mass is 14.7. The van der Waals surface area contributed by atoms with Crippen molar-refractivity contribution < 1.29 is 0 Å². The Morgan fingerprint density at radius 3 is 0.861 bits per heavy atom. The third kappa shape index (κ3) is 8.48. The van der Waals surface area contributed by atoms with Crippen LogP contribution in [0.5, 0.6) is 0 Å². The van der Waals surface area contributed by atoms with Crippen LogP contribution in [0.1, 0.15) is 22.3 Å². The Bertz CT molecular complexity index is 3740. The van der Waals surface area contributed by atoms with Crippen LogP contribution in [0.3, 0.4) is 0 Å². The van der Waals surface area contributed by atoms with Gasteiger partial charge >= 0.3 is 0 Å². The van der Waals surface area contributed by atoms with Crippen molar-refractivity contribution in [2.75, 3.05) is 0 Å². The standard InChI is InChI=1S/C70H52N2/c1-45-41-55(33-37-59(45)61-39-35-57(43-47(61)3)67-21-11-23-69(71-67)65-19-9-15-53-13-5-7-17-63(53)65)51-29-25-49(26-30-51)50-27-31-52(32-28-50)56-34-38-60(46(2)42-56)62-40-36-58(44-48(62)4)68-22-12-24-70(72-68)66-20-10-16-54-14-6-8-18-64(54)66/h5-44H,1-4H3. The van der Waals surface area contributed by atoms with Gasteiger partial charge in [0.2, 0.25) is 0 Å². The molecule has 10 aromatic carbocycles. The van der Waals surface area contributed by atoms with Crippen molar-refractivity contribution in [2.24, 2.45) is 0 Å². The number of nitrogens with zero attached hydrogens (tertiary/aromatic N) is 2. The van der Waals surface area contributed by atoms with E-state index in [4.69, 9.17) is 9.97 Å². The topological polar surface area (TPSA) is 25.8 Å². The van der Waals surface area contributed by atoms with E-state index in [1.807, 2.05) is 0 Å². The van der Waals surface area contributed by atoms with E-state index in [1.165, 1.54) is 99.4 Å². The van der Waals surface area contributed by atoms with Gasteiger partial charge in [-0.25, -0.2) is 9.97 Å². The van der Waals surface area contributed by atoms with Crippen LogP contribution in [0.4, 0.5) is 0 Å². The fraction of sp³-hybridized carbons (Fsp3) is 0.0571. The summed E-state index contributed by atoms with van der Waals surface area (Å²) in [5, 5.41) is 4.88. The molecular weight excluding hydrogens is 869 g/mol. The summed E-state index contributed by atoms with van der Waals surface area (Å²) in [4.78, 5) is 10.3. The van der Waals surface area contributed by atoms with Crippen molar-refractivity contribution in [1.29, 1.82) is 0 Å². The summed E-state index contributed by atoms with van der Waals surface area (Å²) in [6, 6.07) is 87.6. The minimum absolute atomic E-state index is 0.977. The lowest BCUT2D eigenvalue weighted by Gasteiger charge is -2.14. The van der Waals surface area contributed by atoms with Crippen LogP contribution in [-0.4, -0.2) is 9.97 Å². The predicted octanol–water partition coefficient (Wildman–Crippen LogP) is 19.0. The molecule has 2 nitrogen and oxygen atoms in total. The van der Waals surface area contributed by atoms with E-state index in [9.17, 15) is 0 Å². The highest BCUT2D eigenvalue weighted by molar-refractivity contribution is 5.97. The third-order valence-electron chi connectivity index (χ3n) is 14.5. The van der Waals surface area contributed by atoms with Crippen LogP contribution in [0.15, 0.2) is 243 Å². The van der Waals surface area contributed by atoms with E-state index in [1.54, 1.807) is 0 Å². The van der Waals surface area contributed by atoms with Gasteiger partial charge in [-0.05, 0) is 164 Å². The third-order valence-corrected chi connectivity index (χ3v) is 14.5. The number of benzene rings is 10. The van der Waals surface area contributed by atoms with E-state index in [0.29, 0.717) is 0 Å². The first-order valence-corrected chi connectivity index (χ1v) is 24.9. The van der Waals surface area contributed by atoms with E-state index < -0.39 is 0 Å². The number of aryl methyl sites for hydroxylation is 4. The lowest BCUT2D eigenvalue weighted by Crippen LogP contribution is -1.92. The molecular formula is C70H52N2. The van der Waals surface area contributed by atoms with Crippen LogP contribution >= 0.6 is 0 Å². The second-order valence-electron chi connectivity index (χ2n) is 19.1. The molecule has 2 aromatic heterocycles. The largest absolute Gasteiger partial charge is 0.248 e. The molecule has 0 atom stereocenters. The fourth-order valence-electron chi connectivity index (χ4n) is 10.6. The summed E-state index contributed by atoms with van der Waals surface area (Å²) in [5.41, 5.74) is 25.7. The van der Waals surface area contributed by atoms with Crippen LogP contribution in [0, 0.1) is 27.7 Å². The Balaban J connectivity index is 0.721. The SMILES string of the molecule is Cc1cc(-c2ccc(-c3ccc(-c4ccc(-c5ccc(-c6cccc(-c7cccc8ccccc78)n6)cc5C)c(C)c4)cc3)cc2)ccc1-c1ccc(-c2cccc(-c3cccc4ccccc34)n2)cc1C. The molecule has 12 aromatic rings. The molecule has 0 unspecified atom stereocenters. The second kappa shape index (κ2) is 18.7. The number of rotatable bonds is 9. The molecule has 0 spiro atoms. The van der Waals surface area contributed by atoms with Gasteiger partial charge in [0.05, 0.1) is 22.8 Å². The number of fused-ring (bicyclic) bond motifs is 2. The van der Waals surface area contributed by atoms with Crippen molar-refractivity contribution >= 4 is 21.5 Å². The Labute approximate surface area is 422 Å². The van der Waals surface area contributed by atoms with E-state index in [2.05, 4.69) is 270 Å². The van der Waals surface area contributed by atoms with Gasteiger partial charge in [-0.15, -0.1) is 0 Å². The van der Waals surface area contributed by atoms with Crippen molar-refractivity contribution in [3.63, 3.8) is 0 Å². The molecule has 0 saturated heterocycles. The summed E-state index contributed by atoms with van der Waals surface area (Å²) >= 11 is 0. The molecule has 0 aliphatic rings. The number of hydrogen-bond acceptors (Lipinski definition) is 2. The highest BCUT2D eigenvalue weighted by Gasteiger charge is 2.14. The van der Waals surface area contributed by atoms with Gasteiger partial charge in [-0.3, -0.25) is 0 Å². The Morgan fingerprint density at radius 2 is 0.486 bits per heavy atom. The second-order valence-corrected chi connectivity index (χ2v) is 19.1. The molecule has 0 N–H and O–H groups in total. The predicted molar refractivity (Wildman–Crippen MR) is 305 cm³/mol. The summed E-state index contributed by atoms with van der Waals surface area (Å²) in [7, 11) is 0. The molecule has 0 amide bonds. The molecule has 0 saturated carbocycles. The summed E-state index contributed by atoms with van der Waals surface area (Å²) < 4.78 is 0. The van der Waals surface area contributed by atoms with Crippen LogP contribution in [-0.2, 0) is 0 Å². The summed E-state index contributed by atoms with van der Waals surface area (Å²) in [6.45, 7) is 8.85. The van der Waals surface area contributed by atoms with Gasteiger partial charge in [0.15, 0.2) is 0 Å². The highest BCUT2D eigenvalue weighted by Crippen LogP contribution is 2.38. The first-order valence-electron chi connectivity index (χ1n) is 24.9. The van der Waals surface area contributed by atoms with Crippen LogP contribution in [0.25, 0.3) is 122 Å². The molecule has 12 rings (SSSR count). The minimum Gasteiger partial charge on any atom is -0.248 e. The number of aromatic nitrogens is 2. The first-order chi connectivity index (χ1) is 35.3. The zero-order valence-corrected chi connectivity index (χ0v) is 41.0. The van der Waals surface area contributed by atoms with Crippen molar-refractivity contribution in [3.05, 3.63) is 265 Å². The van der Waals surface area contributed by atoms with Crippen LogP contribution < -0.4 is 0 Å². The van der Waals surface area contributed by atoms with Gasteiger partial charge in [0.1, 0.15) is 0 Å². The van der Waals surface area contributed by atoms with Gasteiger partial charge < -0.3 is 0 Å². The van der Waals surface area contributed by atoms with E-state index in [-0.39, 0.29) is 0 Å². The zero-order chi connectivity index (χ0) is 48.7. The van der Waals surface area contributed by atoms with Gasteiger partial charge in [0.25, 0.3) is 0 Å². The minimum atomic E-state index is 0.977. The molecule has 0 fully saturated rings. The lowest BCUT2D eigenvalue weighted by molar-refractivity contribution is 1.32. The summed E-state index contributed by atoms with van der Waals surface area (Å²) in [6.07, 6.45) is 0. The Hall–Kier alpha value is -8.98. The van der Waals surface area contributed by atoms with Gasteiger partial charge in [0, 0.05) is 22.3 Å². The lowest BCUT2D eigenvalue weighted by atomic mass is 9.91.